The van der Waals surface area contributed by atoms with E-state index in [4.69, 9.17) is 10.5 Å². The van der Waals surface area contributed by atoms with Crippen molar-refractivity contribution in [2.75, 3.05) is 52.3 Å². The number of fused-ring (bicyclic) bond motifs is 1. The number of carbonyl (C=O) groups is 2. The number of anilines is 1. The van der Waals surface area contributed by atoms with Crippen molar-refractivity contribution in [2.24, 2.45) is 17.6 Å². The molecule has 0 bridgehead atoms. The van der Waals surface area contributed by atoms with Gasteiger partial charge in [0.05, 0.1) is 24.1 Å². The summed E-state index contributed by atoms with van der Waals surface area (Å²) in [6.45, 7) is 2.89. The van der Waals surface area contributed by atoms with Crippen LogP contribution in [0.25, 0.3) is 10.9 Å². The highest BCUT2D eigenvalue weighted by Crippen LogP contribution is 2.33. The van der Waals surface area contributed by atoms with Gasteiger partial charge in [-0.15, -0.1) is 0 Å². The number of ether oxygens (including phenoxy) is 1. The van der Waals surface area contributed by atoms with Gasteiger partial charge in [0.2, 0.25) is 5.91 Å². The molecule has 1 aliphatic heterocycles. The Balaban J connectivity index is 1.56. The van der Waals surface area contributed by atoms with E-state index in [-0.39, 0.29) is 17.7 Å². The first kappa shape index (κ1) is 24.6. The number of primary amides is 1. The quantitative estimate of drug-likeness (QED) is 0.440. The molecular formula is C27H35N5O3. The molecule has 186 valence electrons. The van der Waals surface area contributed by atoms with E-state index in [1.54, 1.807) is 12.1 Å². The van der Waals surface area contributed by atoms with Gasteiger partial charge in [-0.2, -0.15) is 0 Å². The smallest absolute Gasteiger partial charge is 0.252 e. The standard InChI is InChI=1S/C27H35N5O3/c1-31(2)12-10-29-27(34)22-17-32(11-9-19(22)13-18-7-5-4-6-8-18)25-15-20-14-21(26(28)33)24(35-3)16-23(20)30-25/h4-8,14-16,19,22,30H,9-13,17H2,1-3H3,(H2,28,33)(H,29,34). The van der Waals surface area contributed by atoms with Gasteiger partial charge < -0.3 is 30.6 Å². The van der Waals surface area contributed by atoms with Crippen LogP contribution in [0.2, 0.25) is 0 Å². The van der Waals surface area contributed by atoms with Gasteiger partial charge in [0, 0.05) is 37.6 Å². The van der Waals surface area contributed by atoms with Gasteiger partial charge in [-0.05, 0) is 50.6 Å². The van der Waals surface area contributed by atoms with Gasteiger partial charge in [-0.25, -0.2) is 0 Å². The summed E-state index contributed by atoms with van der Waals surface area (Å²) >= 11 is 0. The summed E-state index contributed by atoms with van der Waals surface area (Å²) in [5.41, 5.74) is 8.00. The van der Waals surface area contributed by atoms with Gasteiger partial charge >= 0.3 is 0 Å². The van der Waals surface area contributed by atoms with Crippen LogP contribution in [-0.4, -0.2) is 69.1 Å². The number of benzene rings is 2. The molecule has 4 rings (SSSR count). The Bertz CT molecular complexity index is 1170. The third-order valence-corrected chi connectivity index (χ3v) is 6.82. The highest BCUT2D eigenvalue weighted by Gasteiger charge is 2.35. The van der Waals surface area contributed by atoms with Crippen LogP contribution < -0.4 is 20.7 Å². The van der Waals surface area contributed by atoms with Crippen molar-refractivity contribution in [3.63, 3.8) is 0 Å². The van der Waals surface area contributed by atoms with E-state index in [1.165, 1.54) is 12.7 Å². The Hall–Kier alpha value is -3.52. The molecule has 8 nitrogen and oxygen atoms in total. The molecule has 2 aromatic carbocycles. The third-order valence-electron chi connectivity index (χ3n) is 6.82. The molecular weight excluding hydrogens is 442 g/mol. The third kappa shape index (κ3) is 5.77. The van der Waals surface area contributed by atoms with E-state index >= 15 is 0 Å². The Morgan fingerprint density at radius 2 is 1.97 bits per heavy atom. The minimum Gasteiger partial charge on any atom is -0.496 e. The van der Waals surface area contributed by atoms with Crippen molar-refractivity contribution in [3.8, 4) is 5.75 Å². The molecule has 0 saturated carbocycles. The molecule has 3 aromatic rings. The molecule has 2 amide bonds. The van der Waals surface area contributed by atoms with Gasteiger partial charge in [-0.1, -0.05) is 30.3 Å². The fourth-order valence-electron chi connectivity index (χ4n) is 4.89. The van der Waals surface area contributed by atoms with Crippen LogP contribution in [0.3, 0.4) is 0 Å². The van der Waals surface area contributed by atoms with Gasteiger partial charge in [0.1, 0.15) is 11.6 Å². The van der Waals surface area contributed by atoms with E-state index in [0.717, 1.165) is 42.7 Å². The molecule has 0 spiro atoms. The van der Waals surface area contributed by atoms with Crippen molar-refractivity contribution >= 4 is 28.5 Å². The number of nitrogens with one attached hydrogen (secondary N) is 2. The molecule has 8 heteroatoms. The zero-order valence-corrected chi connectivity index (χ0v) is 20.7. The zero-order chi connectivity index (χ0) is 24.9. The number of hydrogen-bond acceptors (Lipinski definition) is 5. The lowest BCUT2D eigenvalue weighted by Gasteiger charge is -2.38. The highest BCUT2D eigenvalue weighted by molar-refractivity contribution is 6.01. The molecule has 1 aliphatic rings. The number of aromatic amines is 1. The molecule has 1 aromatic heterocycles. The molecule has 35 heavy (non-hydrogen) atoms. The number of hydrogen-bond donors (Lipinski definition) is 3. The maximum Gasteiger partial charge on any atom is 0.252 e. The zero-order valence-electron chi connectivity index (χ0n) is 20.7. The average Bonchev–Trinajstić information content (AvgIpc) is 3.26. The molecule has 2 heterocycles. The number of aromatic nitrogens is 1. The normalized spacial score (nSPS) is 18.1. The highest BCUT2D eigenvalue weighted by atomic mass is 16.5. The molecule has 1 fully saturated rings. The molecule has 2 unspecified atom stereocenters. The molecule has 4 N–H and O–H groups in total. The van der Waals surface area contributed by atoms with Crippen LogP contribution in [0.4, 0.5) is 5.82 Å². The topological polar surface area (TPSA) is 104 Å². The number of nitrogens with zero attached hydrogens (tertiary/aromatic N) is 2. The second-order valence-electron chi connectivity index (χ2n) is 9.54. The van der Waals surface area contributed by atoms with E-state index in [2.05, 4.69) is 44.4 Å². The lowest BCUT2D eigenvalue weighted by molar-refractivity contribution is -0.126. The number of carbonyl (C=O) groups excluding carboxylic acids is 2. The number of amides is 2. The van der Waals surface area contributed by atoms with Crippen LogP contribution >= 0.6 is 0 Å². The fraction of sp³-hybridized carbons (Fsp3) is 0.407. The van der Waals surface area contributed by atoms with Gasteiger partial charge in [0.25, 0.3) is 5.91 Å². The van der Waals surface area contributed by atoms with E-state index < -0.39 is 5.91 Å². The Morgan fingerprint density at radius 1 is 1.20 bits per heavy atom. The van der Waals surface area contributed by atoms with Crippen LogP contribution in [0.1, 0.15) is 22.3 Å². The first-order valence-electron chi connectivity index (χ1n) is 12.1. The fourth-order valence-corrected chi connectivity index (χ4v) is 4.89. The first-order valence-corrected chi connectivity index (χ1v) is 12.1. The number of likely N-dealkylation sites (N-methyl/N-ethyl adjacent to an activating group) is 1. The summed E-state index contributed by atoms with van der Waals surface area (Å²) in [4.78, 5) is 32.9. The van der Waals surface area contributed by atoms with Crippen LogP contribution in [0.5, 0.6) is 5.75 Å². The summed E-state index contributed by atoms with van der Waals surface area (Å²) < 4.78 is 5.35. The van der Waals surface area contributed by atoms with Gasteiger partial charge in [-0.3, -0.25) is 9.59 Å². The van der Waals surface area contributed by atoms with Crippen molar-refractivity contribution in [1.82, 2.24) is 15.2 Å². The second-order valence-corrected chi connectivity index (χ2v) is 9.54. The number of methoxy groups -OCH3 is 1. The van der Waals surface area contributed by atoms with Crippen molar-refractivity contribution in [3.05, 3.63) is 59.7 Å². The minimum atomic E-state index is -0.525. The summed E-state index contributed by atoms with van der Waals surface area (Å²) in [7, 11) is 5.52. The van der Waals surface area contributed by atoms with Crippen LogP contribution in [0.15, 0.2) is 48.5 Å². The van der Waals surface area contributed by atoms with Crippen molar-refractivity contribution in [2.45, 2.75) is 12.8 Å². The summed E-state index contributed by atoms with van der Waals surface area (Å²) in [6.07, 6.45) is 1.79. The SMILES string of the molecule is COc1cc2[nH]c(N3CCC(Cc4ccccc4)C(C(=O)NCCN(C)C)C3)cc2cc1C(N)=O. The Morgan fingerprint density at radius 3 is 2.66 bits per heavy atom. The van der Waals surface area contributed by atoms with E-state index in [1.807, 2.05) is 26.2 Å². The molecule has 2 atom stereocenters. The number of H-pyrrole nitrogens is 1. The molecule has 0 aliphatic carbocycles. The summed E-state index contributed by atoms with van der Waals surface area (Å²) in [5, 5.41) is 4.03. The number of rotatable bonds is 9. The van der Waals surface area contributed by atoms with E-state index in [9.17, 15) is 9.59 Å². The lowest BCUT2D eigenvalue weighted by Crippen LogP contribution is -2.49. The van der Waals surface area contributed by atoms with Crippen LogP contribution in [0, 0.1) is 11.8 Å². The summed E-state index contributed by atoms with van der Waals surface area (Å²) in [6, 6.07) is 16.0. The van der Waals surface area contributed by atoms with Crippen molar-refractivity contribution < 1.29 is 14.3 Å². The van der Waals surface area contributed by atoms with Crippen LogP contribution in [-0.2, 0) is 11.2 Å². The minimum absolute atomic E-state index is 0.103. The number of piperidine rings is 1. The maximum atomic E-state index is 13.3. The largest absolute Gasteiger partial charge is 0.496 e. The van der Waals surface area contributed by atoms with Crippen molar-refractivity contribution in [1.29, 1.82) is 0 Å². The predicted octanol–water partition coefficient (Wildman–Crippen LogP) is 2.64. The lowest BCUT2D eigenvalue weighted by atomic mass is 9.80. The van der Waals surface area contributed by atoms with Gasteiger partial charge in [0.15, 0.2) is 0 Å². The van der Waals surface area contributed by atoms with E-state index in [0.29, 0.717) is 24.4 Å². The predicted molar refractivity (Wildman–Crippen MR) is 139 cm³/mol. The molecule has 0 radical (unpaired) electrons. The first-order chi connectivity index (χ1) is 16.9. The summed E-state index contributed by atoms with van der Waals surface area (Å²) in [5.74, 6) is 1.08. The molecule has 1 saturated heterocycles. The average molecular weight is 478 g/mol. The Kier molecular flexibility index (Phi) is 7.60. The maximum absolute atomic E-state index is 13.3. The monoisotopic (exact) mass is 477 g/mol. The Labute approximate surface area is 206 Å². The number of nitrogens with two attached hydrogens (primary N) is 1. The second kappa shape index (κ2) is 10.8.